The molecule has 7 nitrogen and oxygen atoms in total. The number of methoxy groups -OCH3 is 2. The number of carbonyl (C=O) groups is 1. The largest absolute Gasteiger partial charge is 0.496 e. The molecule has 1 atom stereocenters. The monoisotopic (exact) mass is 488 g/mol. The van der Waals surface area contributed by atoms with Crippen molar-refractivity contribution in [2.75, 3.05) is 27.3 Å². The number of benzene rings is 2. The fourth-order valence-electron chi connectivity index (χ4n) is 4.44. The Kier molecular flexibility index (Phi) is 8.25. The Morgan fingerprint density at radius 3 is 2.18 bits per heavy atom. The van der Waals surface area contributed by atoms with Gasteiger partial charge in [0.15, 0.2) is 0 Å². The lowest BCUT2D eigenvalue weighted by Gasteiger charge is -2.26. The lowest BCUT2D eigenvalue weighted by molar-refractivity contribution is 0.0936. The highest BCUT2D eigenvalue weighted by Crippen LogP contribution is 2.33. The number of nitrogens with one attached hydrogen (secondary N) is 1. The molecular formula is C26H36N2O5S. The predicted octanol–water partition coefficient (Wildman–Crippen LogP) is 4.80. The van der Waals surface area contributed by atoms with Crippen LogP contribution in [0.1, 0.15) is 79.0 Å². The summed E-state index contributed by atoms with van der Waals surface area (Å²) in [5.74, 6) is 1.03. The first-order valence-electron chi connectivity index (χ1n) is 11.8. The van der Waals surface area contributed by atoms with Crippen molar-refractivity contribution in [3.8, 4) is 11.5 Å². The Morgan fingerprint density at radius 2 is 1.59 bits per heavy atom. The second-order valence-corrected chi connectivity index (χ2v) is 11.1. The Labute approximate surface area is 203 Å². The van der Waals surface area contributed by atoms with Crippen LogP contribution in [0.25, 0.3) is 0 Å². The third-order valence-corrected chi connectivity index (χ3v) is 8.32. The van der Waals surface area contributed by atoms with Crippen molar-refractivity contribution in [3.63, 3.8) is 0 Å². The van der Waals surface area contributed by atoms with E-state index in [9.17, 15) is 13.2 Å². The van der Waals surface area contributed by atoms with E-state index in [4.69, 9.17) is 9.47 Å². The summed E-state index contributed by atoms with van der Waals surface area (Å²) in [7, 11) is -0.545. The maximum absolute atomic E-state index is 13.3. The first-order valence-corrected chi connectivity index (χ1v) is 13.2. The highest BCUT2D eigenvalue weighted by atomic mass is 32.2. The molecule has 3 rings (SSSR count). The van der Waals surface area contributed by atoms with Crippen LogP contribution in [0.4, 0.5) is 0 Å². The SMILES string of the molecule is COc1ccc(S(=O)(=O)N2CCCCC2)cc1C(=O)N[C@H](C)c1cc(C(C)C)c(OC)cc1C. The van der Waals surface area contributed by atoms with Gasteiger partial charge in [-0.15, -0.1) is 0 Å². The fourth-order valence-corrected chi connectivity index (χ4v) is 5.99. The predicted molar refractivity (Wildman–Crippen MR) is 133 cm³/mol. The molecule has 1 aliphatic heterocycles. The molecule has 1 N–H and O–H groups in total. The van der Waals surface area contributed by atoms with Crippen LogP contribution < -0.4 is 14.8 Å². The molecule has 0 bridgehead atoms. The minimum atomic E-state index is -3.67. The van der Waals surface area contributed by atoms with E-state index in [1.54, 1.807) is 13.2 Å². The first kappa shape index (κ1) is 26.0. The molecule has 2 aromatic carbocycles. The summed E-state index contributed by atoms with van der Waals surface area (Å²) in [6.45, 7) is 9.09. The molecule has 0 radical (unpaired) electrons. The minimum Gasteiger partial charge on any atom is -0.496 e. The number of carbonyl (C=O) groups excluding carboxylic acids is 1. The van der Waals surface area contributed by atoms with Gasteiger partial charge in [-0.2, -0.15) is 4.31 Å². The number of hydrogen-bond donors (Lipinski definition) is 1. The standard InChI is InChI=1S/C26H36N2O5S/c1-17(2)21-16-22(18(3)14-25(21)33-6)19(4)27-26(29)23-15-20(10-11-24(23)32-5)34(30,31)28-12-8-7-9-13-28/h10-11,14-17,19H,7-9,12-13H2,1-6H3,(H,27,29)/t19-/m1/s1. The van der Waals surface area contributed by atoms with Crippen LogP contribution in [0, 0.1) is 6.92 Å². The van der Waals surface area contributed by atoms with E-state index in [2.05, 4.69) is 25.2 Å². The van der Waals surface area contributed by atoms with Crippen LogP contribution in [-0.4, -0.2) is 45.9 Å². The summed E-state index contributed by atoms with van der Waals surface area (Å²) in [5, 5.41) is 3.02. The van der Waals surface area contributed by atoms with Crippen molar-refractivity contribution in [1.82, 2.24) is 9.62 Å². The average molecular weight is 489 g/mol. The Bertz CT molecular complexity index is 1140. The van der Waals surface area contributed by atoms with Gasteiger partial charge in [0, 0.05) is 13.1 Å². The lowest BCUT2D eigenvalue weighted by Crippen LogP contribution is -2.35. The van der Waals surface area contributed by atoms with Gasteiger partial charge in [0.1, 0.15) is 11.5 Å². The highest BCUT2D eigenvalue weighted by Gasteiger charge is 2.28. The molecule has 34 heavy (non-hydrogen) atoms. The number of amides is 1. The average Bonchev–Trinajstić information content (AvgIpc) is 2.83. The van der Waals surface area contributed by atoms with Gasteiger partial charge in [0.05, 0.1) is 30.7 Å². The van der Waals surface area contributed by atoms with Gasteiger partial charge < -0.3 is 14.8 Å². The topological polar surface area (TPSA) is 84.9 Å². The number of sulfonamides is 1. The fraction of sp³-hybridized carbons (Fsp3) is 0.500. The molecule has 2 aromatic rings. The summed E-state index contributed by atoms with van der Waals surface area (Å²) >= 11 is 0. The van der Waals surface area contributed by atoms with Crippen molar-refractivity contribution in [2.45, 2.75) is 63.8 Å². The summed E-state index contributed by atoms with van der Waals surface area (Å²) in [4.78, 5) is 13.4. The van der Waals surface area contributed by atoms with Crippen molar-refractivity contribution >= 4 is 15.9 Å². The zero-order valence-electron chi connectivity index (χ0n) is 21.0. The van der Waals surface area contributed by atoms with Crippen LogP contribution in [0.5, 0.6) is 11.5 Å². The van der Waals surface area contributed by atoms with Crippen LogP contribution in [0.2, 0.25) is 0 Å². The van der Waals surface area contributed by atoms with Gasteiger partial charge >= 0.3 is 0 Å². The van der Waals surface area contributed by atoms with Crippen LogP contribution in [0.3, 0.4) is 0 Å². The van der Waals surface area contributed by atoms with Gasteiger partial charge in [-0.3, -0.25) is 4.79 Å². The van der Waals surface area contributed by atoms with Crippen molar-refractivity contribution in [2.24, 2.45) is 0 Å². The van der Waals surface area contributed by atoms with Gasteiger partial charge in [0.2, 0.25) is 10.0 Å². The number of nitrogens with zero attached hydrogens (tertiary/aromatic N) is 1. The molecule has 8 heteroatoms. The number of hydrogen-bond acceptors (Lipinski definition) is 5. The molecule has 1 amide bonds. The maximum atomic E-state index is 13.3. The second kappa shape index (κ2) is 10.8. The van der Waals surface area contributed by atoms with E-state index < -0.39 is 10.0 Å². The van der Waals surface area contributed by atoms with Gasteiger partial charge in [-0.1, -0.05) is 20.3 Å². The molecule has 1 aliphatic rings. The molecule has 0 saturated carbocycles. The first-order chi connectivity index (χ1) is 16.1. The van der Waals surface area contributed by atoms with Gasteiger partial charge in [-0.25, -0.2) is 8.42 Å². The molecule has 0 aliphatic carbocycles. The van der Waals surface area contributed by atoms with Crippen LogP contribution >= 0.6 is 0 Å². The summed E-state index contributed by atoms with van der Waals surface area (Å²) < 4.78 is 38.7. The van der Waals surface area contributed by atoms with Crippen LogP contribution in [-0.2, 0) is 10.0 Å². The van der Waals surface area contributed by atoms with Crippen molar-refractivity contribution in [3.05, 3.63) is 52.6 Å². The zero-order chi connectivity index (χ0) is 25.0. The number of rotatable bonds is 8. The Morgan fingerprint density at radius 1 is 0.941 bits per heavy atom. The quantitative estimate of drug-likeness (QED) is 0.577. The third-order valence-electron chi connectivity index (χ3n) is 6.42. The summed E-state index contributed by atoms with van der Waals surface area (Å²) in [6.07, 6.45) is 2.73. The maximum Gasteiger partial charge on any atom is 0.255 e. The molecule has 1 fully saturated rings. The summed E-state index contributed by atoms with van der Waals surface area (Å²) in [6, 6.07) is 8.23. The number of aryl methyl sites for hydroxylation is 1. The van der Waals surface area contributed by atoms with E-state index >= 15 is 0 Å². The van der Waals surface area contributed by atoms with Gasteiger partial charge in [0.25, 0.3) is 5.91 Å². The van der Waals surface area contributed by atoms with E-state index in [-0.39, 0.29) is 28.3 Å². The second-order valence-electron chi connectivity index (χ2n) is 9.13. The molecule has 1 saturated heterocycles. The molecule has 0 unspecified atom stereocenters. The smallest absolute Gasteiger partial charge is 0.255 e. The van der Waals surface area contributed by atoms with Crippen molar-refractivity contribution < 1.29 is 22.7 Å². The van der Waals surface area contributed by atoms with E-state index in [0.29, 0.717) is 18.8 Å². The normalized spacial score (nSPS) is 15.7. The molecule has 0 aromatic heterocycles. The molecule has 0 spiro atoms. The molecule has 186 valence electrons. The van der Waals surface area contributed by atoms with E-state index in [0.717, 1.165) is 41.7 Å². The lowest BCUT2D eigenvalue weighted by atomic mass is 9.93. The summed E-state index contributed by atoms with van der Waals surface area (Å²) in [5.41, 5.74) is 3.25. The van der Waals surface area contributed by atoms with Crippen molar-refractivity contribution in [1.29, 1.82) is 0 Å². The highest BCUT2D eigenvalue weighted by molar-refractivity contribution is 7.89. The Hall–Kier alpha value is -2.58. The number of piperidine rings is 1. The van der Waals surface area contributed by atoms with Crippen LogP contribution in [0.15, 0.2) is 35.2 Å². The number of ether oxygens (including phenoxy) is 2. The molecule has 1 heterocycles. The molecular weight excluding hydrogens is 452 g/mol. The third kappa shape index (κ3) is 5.39. The Balaban J connectivity index is 1.91. The van der Waals surface area contributed by atoms with E-state index in [1.165, 1.54) is 23.5 Å². The van der Waals surface area contributed by atoms with E-state index in [1.807, 2.05) is 19.9 Å². The van der Waals surface area contributed by atoms with Gasteiger partial charge in [-0.05, 0) is 79.6 Å². The zero-order valence-corrected chi connectivity index (χ0v) is 21.8. The minimum absolute atomic E-state index is 0.107.